The predicted octanol–water partition coefficient (Wildman–Crippen LogP) is 1.90. The minimum absolute atomic E-state index is 0.0371. The zero-order valence-electron chi connectivity index (χ0n) is 12.8. The number of hydrogen-bond acceptors (Lipinski definition) is 4. The SMILES string of the molecule is CCOc1ccc(CN2CC[C@H]3CC[C@@H](C2)N3)cc1CO. The first-order valence-corrected chi connectivity index (χ1v) is 8.12. The Balaban J connectivity index is 1.66. The van der Waals surface area contributed by atoms with E-state index in [9.17, 15) is 5.11 Å². The van der Waals surface area contributed by atoms with Crippen LogP contribution in [-0.2, 0) is 13.2 Å². The van der Waals surface area contributed by atoms with Crippen LogP contribution in [0.1, 0.15) is 37.3 Å². The lowest BCUT2D eigenvalue weighted by atomic mass is 10.1. The fraction of sp³-hybridized carbons (Fsp3) is 0.647. The van der Waals surface area contributed by atoms with Crippen molar-refractivity contribution in [3.05, 3.63) is 29.3 Å². The third kappa shape index (κ3) is 3.57. The average Bonchev–Trinajstić information content (AvgIpc) is 2.83. The molecule has 2 fully saturated rings. The molecule has 1 aromatic carbocycles. The van der Waals surface area contributed by atoms with Crippen LogP contribution in [-0.4, -0.2) is 41.8 Å². The molecule has 0 amide bonds. The van der Waals surface area contributed by atoms with Crippen molar-refractivity contribution in [3.63, 3.8) is 0 Å². The van der Waals surface area contributed by atoms with Crippen molar-refractivity contribution in [3.8, 4) is 5.75 Å². The van der Waals surface area contributed by atoms with Crippen molar-refractivity contribution < 1.29 is 9.84 Å². The number of benzene rings is 1. The van der Waals surface area contributed by atoms with Gasteiger partial charge in [-0.2, -0.15) is 0 Å². The van der Waals surface area contributed by atoms with E-state index in [4.69, 9.17) is 4.74 Å². The zero-order chi connectivity index (χ0) is 14.7. The van der Waals surface area contributed by atoms with Gasteiger partial charge in [-0.05, 0) is 43.9 Å². The normalized spacial score (nSPS) is 25.8. The number of aliphatic hydroxyl groups excluding tert-OH is 1. The van der Waals surface area contributed by atoms with Crippen molar-refractivity contribution in [2.75, 3.05) is 19.7 Å². The molecule has 2 aliphatic heterocycles. The molecule has 1 aromatic rings. The second kappa shape index (κ2) is 6.77. The fourth-order valence-corrected chi connectivity index (χ4v) is 3.57. The second-order valence-corrected chi connectivity index (χ2v) is 6.19. The summed E-state index contributed by atoms with van der Waals surface area (Å²) in [6.45, 7) is 5.90. The molecule has 2 bridgehead atoms. The standard InChI is InChI=1S/C17H26N2O2/c1-2-21-17-6-3-13(9-14(17)12-20)10-19-8-7-15-4-5-16(11-19)18-15/h3,6,9,15-16,18,20H,2,4-5,7-8,10-12H2,1H3/t15-,16+/m1/s1. The van der Waals surface area contributed by atoms with Crippen LogP contribution in [0.2, 0.25) is 0 Å². The van der Waals surface area contributed by atoms with Crippen molar-refractivity contribution >= 4 is 0 Å². The summed E-state index contributed by atoms with van der Waals surface area (Å²) in [6.07, 6.45) is 3.91. The molecule has 2 N–H and O–H groups in total. The largest absolute Gasteiger partial charge is 0.494 e. The minimum Gasteiger partial charge on any atom is -0.494 e. The van der Waals surface area contributed by atoms with E-state index < -0.39 is 0 Å². The Morgan fingerprint density at radius 2 is 2.14 bits per heavy atom. The number of ether oxygens (including phenoxy) is 1. The predicted molar refractivity (Wildman–Crippen MR) is 83.4 cm³/mol. The van der Waals surface area contributed by atoms with Crippen LogP contribution < -0.4 is 10.1 Å². The summed E-state index contributed by atoms with van der Waals surface area (Å²) in [5.74, 6) is 0.806. The number of nitrogens with one attached hydrogen (secondary N) is 1. The van der Waals surface area contributed by atoms with Gasteiger partial charge in [0.15, 0.2) is 0 Å². The maximum absolute atomic E-state index is 9.50. The zero-order valence-corrected chi connectivity index (χ0v) is 12.8. The summed E-state index contributed by atoms with van der Waals surface area (Å²) >= 11 is 0. The molecule has 0 unspecified atom stereocenters. The summed E-state index contributed by atoms with van der Waals surface area (Å²) in [4.78, 5) is 2.54. The van der Waals surface area contributed by atoms with E-state index >= 15 is 0 Å². The first-order chi connectivity index (χ1) is 10.3. The molecular weight excluding hydrogens is 264 g/mol. The van der Waals surface area contributed by atoms with Crippen LogP contribution in [0.4, 0.5) is 0 Å². The molecular formula is C17H26N2O2. The Bertz CT molecular complexity index is 478. The Hall–Kier alpha value is -1.10. The third-order valence-electron chi connectivity index (χ3n) is 4.61. The van der Waals surface area contributed by atoms with Gasteiger partial charge < -0.3 is 15.2 Å². The summed E-state index contributed by atoms with van der Waals surface area (Å²) in [7, 11) is 0. The summed E-state index contributed by atoms with van der Waals surface area (Å²) in [6, 6.07) is 7.60. The highest BCUT2D eigenvalue weighted by Gasteiger charge is 2.29. The first-order valence-electron chi connectivity index (χ1n) is 8.12. The number of nitrogens with zero attached hydrogens (tertiary/aromatic N) is 1. The third-order valence-corrected chi connectivity index (χ3v) is 4.61. The first kappa shape index (κ1) is 14.8. The number of rotatable bonds is 5. The number of hydrogen-bond donors (Lipinski definition) is 2. The Labute approximate surface area is 127 Å². The number of likely N-dealkylation sites (tertiary alicyclic amines) is 1. The molecule has 4 heteroatoms. The van der Waals surface area contributed by atoms with E-state index in [-0.39, 0.29) is 6.61 Å². The van der Waals surface area contributed by atoms with Gasteiger partial charge >= 0.3 is 0 Å². The smallest absolute Gasteiger partial charge is 0.124 e. The molecule has 2 aliphatic rings. The van der Waals surface area contributed by atoms with Crippen LogP contribution in [0.3, 0.4) is 0 Å². The number of aliphatic hydroxyl groups is 1. The summed E-state index contributed by atoms with van der Waals surface area (Å²) in [5.41, 5.74) is 2.16. The van der Waals surface area contributed by atoms with Crippen LogP contribution in [0.15, 0.2) is 18.2 Å². The second-order valence-electron chi connectivity index (χ2n) is 6.19. The van der Waals surface area contributed by atoms with E-state index in [1.165, 1.54) is 24.8 Å². The molecule has 21 heavy (non-hydrogen) atoms. The van der Waals surface area contributed by atoms with Gasteiger partial charge in [0.2, 0.25) is 0 Å². The van der Waals surface area contributed by atoms with Crippen molar-refractivity contribution in [1.29, 1.82) is 0 Å². The Morgan fingerprint density at radius 3 is 2.95 bits per heavy atom. The van der Waals surface area contributed by atoms with Gasteiger partial charge in [-0.25, -0.2) is 0 Å². The minimum atomic E-state index is 0.0371. The molecule has 0 aliphatic carbocycles. The van der Waals surface area contributed by atoms with Crippen molar-refractivity contribution in [2.24, 2.45) is 0 Å². The Kier molecular flexibility index (Phi) is 4.78. The van der Waals surface area contributed by atoms with E-state index in [1.54, 1.807) is 0 Å². The van der Waals surface area contributed by atoms with Gasteiger partial charge in [0.25, 0.3) is 0 Å². The van der Waals surface area contributed by atoms with Gasteiger partial charge in [-0.15, -0.1) is 0 Å². The van der Waals surface area contributed by atoms with Crippen molar-refractivity contribution in [1.82, 2.24) is 10.2 Å². The van der Waals surface area contributed by atoms with Gasteiger partial charge in [-0.3, -0.25) is 4.90 Å². The highest BCUT2D eigenvalue weighted by molar-refractivity contribution is 5.37. The summed E-state index contributed by atoms with van der Waals surface area (Å²) < 4.78 is 5.55. The molecule has 3 rings (SSSR count). The molecule has 4 nitrogen and oxygen atoms in total. The molecule has 0 spiro atoms. The molecule has 0 saturated carbocycles. The van der Waals surface area contributed by atoms with E-state index in [0.717, 1.165) is 37.0 Å². The van der Waals surface area contributed by atoms with Gasteiger partial charge in [-0.1, -0.05) is 6.07 Å². The van der Waals surface area contributed by atoms with E-state index in [0.29, 0.717) is 12.6 Å². The molecule has 0 radical (unpaired) electrons. The monoisotopic (exact) mass is 290 g/mol. The van der Waals surface area contributed by atoms with Gasteiger partial charge in [0.05, 0.1) is 13.2 Å². The highest BCUT2D eigenvalue weighted by atomic mass is 16.5. The lowest BCUT2D eigenvalue weighted by Gasteiger charge is -2.24. The summed E-state index contributed by atoms with van der Waals surface area (Å²) in [5, 5.41) is 13.2. The molecule has 116 valence electrons. The molecule has 0 aromatic heterocycles. The lowest BCUT2D eigenvalue weighted by molar-refractivity contribution is 0.249. The molecule has 2 atom stereocenters. The maximum Gasteiger partial charge on any atom is 0.124 e. The van der Waals surface area contributed by atoms with E-state index in [1.807, 2.05) is 13.0 Å². The van der Waals surface area contributed by atoms with Crippen LogP contribution in [0.5, 0.6) is 5.75 Å². The van der Waals surface area contributed by atoms with Gasteiger partial charge in [0, 0.05) is 37.3 Å². The van der Waals surface area contributed by atoms with Crippen molar-refractivity contribution in [2.45, 2.75) is 51.4 Å². The lowest BCUT2D eigenvalue weighted by Crippen LogP contribution is -2.34. The Morgan fingerprint density at radius 1 is 1.29 bits per heavy atom. The van der Waals surface area contributed by atoms with Crippen LogP contribution in [0, 0.1) is 0 Å². The number of fused-ring (bicyclic) bond motifs is 2. The van der Waals surface area contributed by atoms with Crippen LogP contribution >= 0.6 is 0 Å². The topological polar surface area (TPSA) is 44.7 Å². The maximum atomic E-state index is 9.50. The quantitative estimate of drug-likeness (QED) is 0.869. The molecule has 2 saturated heterocycles. The van der Waals surface area contributed by atoms with Crippen LogP contribution in [0.25, 0.3) is 0 Å². The van der Waals surface area contributed by atoms with E-state index in [2.05, 4.69) is 22.3 Å². The molecule has 2 heterocycles. The average molecular weight is 290 g/mol. The van der Waals surface area contributed by atoms with Gasteiger partial charge in [0.1, 0.15) is 5.75 Å². The fourth-order valence-electron chi connectivity index (χ4n) is 3.57. The highest BCUT2D eigenvalue weighted by Crippen LogP contribution is 2.24.